The topological polar surface area (TPSA) is 96.8 Å². The first-order chi connectivity index (χ1) is 12.0. The van der Waals surface area contributed by atoms with E-state index in [2.05, 4.69) is 4.98 Å². The molecule has 0 saturated heterocycles. The van der Waals surface area contributed by atoms with Gasteiger partial charge in [0.15, 0.2) is 0 Å². The van der Waals surface area contributed by atoms with Crippen LogP contribution in [0, 0.1) is 0 Å². The van der Waals surface area contributed by atoms with E-state index in [4.69, 9.17) is 4.74 Å². The zero-order valence-electron chi connectivity index (χ0n) is 13.6. The molecule has 0 saturated carbocycles. The Hall–Kier alpha value is -2.61. The molecular formula is C17H18N2O5S. The van der Waals surface area contributed by atoms with Crippen molar-refractivity contribution in [3.8, 4) is 5.75 Å². The summed E-state index contributed by atoms with van der Waals surface area (Å²) in [6.45, 7) is 2.17. The third kappa shape index (κ3) is 3.05. The van der Waals surface area contributed by atoms with Crippen molar-refractivity contribution >= 4 is 21.7 Å². The molecule has 0 bridgehead atoms. The molecule has 8 heteroatoms. The van der Waals surface area contributed by atoms with Gasteiger partial charge in [-0.05, 0) is 31.0 Å². The molecule has 0 aliphatic carbocycles. The molecule has 0 fully saturated rings. The molecule has 2 heterocycles. The lowest BCUT2D eigenvalue weighted by molar-refractivity contribution is -0.139. The lowest BCUT2D eigenvalue weighted by Gasteiger charge is -2.33. The smallest absolute Gasteiger partial charge is 0.311 e. The molecule has 2 aromatic rings. The van der Waals surface area contributed by atoms with E-state index in [0.29, 0.717) is 17.9 Å². The van der Waals surface area contributed by atoms with E-state index < -0.39 is 21.9 Å². The second-order valence-corrected chi connectivity index (χ2v) is 7.40. The van der Waals surface area contributed by atoms with Gasteiger partial charge in [-0.3, -0.25) is 14.1 Å². The van der Waals surface area contributed by atoms with E-state index in [1.54, 1.807) is 31.2 Å². The van der Waals surface area contributed by atoms with Crippen molar-refractivity contribution in [2.45, 2.75) is 24.2 Å². The largest absolute Gasteiger partial charge is 0.492 e. The van der Waals surface area contributed by atoms with Gasteiger partial charge in [0.2, 0.25) is 0 Å². The first-order valence-electron chi connectivity index (χ1n) is 7.88. The Kier molecular flexibility index (Phi) is 4.63. The predicted octanol–water partition coefficient (Wildman–Crippen LogP) is 2.25. The van der Waals surface area contributed by atoms with Crippen molar-refractivity contribution in [3.05, 3.63) is 48.3 Å². The number of pyridine rings is 1. The number of carboxylic acid groups (broad SMARTS) is 1. The maximum absolute atomic E-state index is 13.2. The van der Waals surface area contributed by atoms with E-state index >= 15 is 0 Å². The van der Waals surface area contributed by atoms with Gasteiger partial charge in [0, 0.05) is 12.7 Å². The minimum absolute atomic E-state index is 0.0274. The monoisotopic (exact) mass is 362 g/mol. The van der Waals surface area contributed by atoms with Crippen LogP contribution in [-0.4, -0.2) is 37.6 Å². The van der Waals surface area contributed by atoms with E-state index in [1.807, 2.05) is 0 Å². The Bertz CT molecular complexity index is 897. The quantitative estimate of drug-likeness (QED) is 0.876. The fourth-order valence-electron chi connectivity index (χ4n) is 2.99. The van der Waals surface area contributed by atoms with Crippen LogP contribution < -0.4 is 9.04 Å². The van der Waals surface area contributed by atoms with Crippen LogP contribution >= 0.6 is 0 Å². The molecule has 0 radical (unpaired) electrons. The van der Waals surface area contributed by atoms with Crippen molar-refractivity contribution < 1.29 is 23.1 Å². The molecule has 1 aromatic heterocycles. The Balaban J connectivity index is 2.10. The maximum Gasteiger partial charge on any atom is 0.311 e. The summed E-state index contributed by atoms with van der Waals surface area (Å²) < 4.78 is 33.0. The summed E-state index contributed by atoms with van der Waals surface area (Å²) in [6, 6.07) is 8.19. The average Bonchev–Trinajstić information content (AvgIpc) is 2.61. The number of carbonyl (C=O) groups is 1. The van der Waals surface area contributed by atoms with Crippen LogP contribution in [0.2, 0.25) is 0 Å². The van der Waals surface area contributed by atoms with Crippen LogP contribution in [0.1, 0.15) is 24.8 Å². The Morgan fingerprint density at radius 3 is 2.84 bits per heavy atom. The maximum atomic E-state index is 13.2. The van der Waals surface area contributed by atoms with Gasteiger partial charge in [0.05, 0.1) is 24.4 Å². The normalized spacial score (nSPS) is 17.0. The second kappa shape index (κ2) is 6.72. The number of carboxylic acids is 1. The Labute approximate surface area is 145 Å². The molecule has 7 nitrogen and oxygen atoms in total. The average molecular weight is 362 g/mol. The lowest BCUT2D eigenvalue weighted by atomic mass is 9.91. The number of hydrogen-bond donors (Lipinski definition) is 1. The van der Waals surface area contributed by atoms with E-state index in [0.717, 1.165) is 0 Å². The SMILES string of the molecule is CCOc1ccncc1S(=O)(=O)N1CCC(C(=O)O)c2ccccc21. The summed E-state index contributed by atoms with van der Waals surface area (Å²) in [7, 11) is -3.92. The number of ether oxygens (including phenoxy) is 1. The third-order valence-corrected chi connectivity index (χ3v) is 5.94. The molecule has 1 aromatic carbocycles. The highest BCUT2D eigenvalue weighted by atomic mass is 32.2. The summed E-state index contributed by atoms with van der Waals surface area (Å²) in [6.07, 6.45) is 2.93. The van der Waals surface area contributed by atoms with Crippen molar-refractivity contribution in [3.63, 3.8) is 0 Å². The molecule has 1 unspecified atom stereocenters. The van der Waals surface area contributed by atoms with Gasteiger partial charge in [-0.2, -0.15) is 0 Å². The lowest BCUT2D eigenvalue weighted by Crippen LogP contribution is -2.38. The van der Waals surface area contributed by atoms with Crippen LogP contribution in [-0.2, 0) is 14.8 Å². The third-order valence-electron chi connectivity index (χ3n) is 4.11. The molecule has 1 N–H and O–H groups in total. The van der Waals surface area contributed by atoms with Gasteiger partial charge in [0.1, 0.15) is 10.6 Å². The van der Waals surface area contributed by atoms with E-state index in [1.165, 1.54) is 22.8 Å². The number of sulfonamides is 1. The van der Waals surface area contributed by atoms with Crippen molar-refractivity contribution in [1.29, 1.82) is 0 Å². The minimum Gasteiger partial charge on any atom is -0.492 e. The molecule has 1 aliphatic heterocycles. The molecule has 1 aliphatic rings. The van der Waals surface area contributed by atoms with Gasteiger partial charge in [-0.1, -0.05) is 18.2 Å². The van der Waals surface area contributed by atoms with Crippen LogP contribution in [0.15, 0.2) is 47.6 Å². The highest BCUT2D eigenvalue weighted by molar-refractivity contribution is 7.93. The summed E-state index contributed by atoms with van der Waals surface area (Å²) in [5.41, 5.74) is 0.874. The van der Waals surface area contributed by atoms with Crippen LogP contribution in [0.25, 0.3) is 0 Å². The van der Waals surface area contributed by atoms with Gasteiger partial charge in [-0.15, -0.1) is 0 Å². The summed E-state index contributed by atoms with van der Waals surface area (Å²) in [5, 5.41) is 9.41. The number of nitrogens with zero attached hydrogens (tertiary/aromatic N) is 2. The fourth-order valence-corrected chi connectivity index (χ4v) is 4.58. The second-order valence-electron chi connectivity index (χ2n) is 5.57. The predicted molar refractivity (Wildman–Crippen MR) is 91.4 cm³/mol. The van der Waals surface area contributed by atoms with Crippen molar-refractivity contribution in [1.82, 2.24) is 4.98 Å². The number of para-hydroxylation sites is 1. The number of benzene rings is 1. The summed E-state index contributed by atoms with van der Waals surface area (Å²) in [4.78, 5) is 15.4. The fraction of sp³-hybridized carbons (Fsp3) is 0.294. The standard InChI is InChI=1S/C17H18N2O5S/c1-2-24-15-7-9-18-11-16(15)25(22,23)19-10-8-13(17(20)21)12-5-3-4-6-14(12)19/h3-7,9,11,13H,2,8,10H2,1H3,(H,20,21). The number of anilines is 1. The number of aromatic nitrogens is 1. The number of aliphatic carboxylic acids is 1. The molecule has 132 valence electrons. The first kappa shape index (κ1) is 17.2. The minimum atomic E-state index is -3.92. The zero-order chi connectivity index (χ0) is 18.0. The van der Waals surface area contributed by atoms with Crippen molar-refractivity contribution in [2.75, 3.05) is 17.5 Å². The molecule has 1 atom stereocenters. The number of fused-ring (bicyclic) bond motifs is 1. The molecule has 25 heavy (non-hydrogen) atoms. The van der Waals surface area contributed by atoms with Crippen LogP contribution in [0.5, 0.6) is 5.75 Å². The molecular weight excluding hydrogens is 344 g/mol. The van der Waals surface area contributed by atoms with E-state index in [9.17, 15) is 18.3 Å². The Morgan fingerprint density at radius 2 is 2.12 bits per heavy atom. The number of hydrogen-bond acceptors (Lipinski definition) is 5. The highest BCUT2D eigenvalue weighted by Gasteiger charge is 2.37. The van der Waals surface area contributed by atoms with Gasteiger partial charge in [-0.25, -0.2) is 8.42 Å². The van der Waals surface area contributed by atoms with E-state index in [-0.39, 0.29) is 23.6 Å². The van der Waals surface area contributed by atoms with Crippen molar-refractivity contribution in [2.24, 2.45) is 0 Å². The van der Waals surface area contributed by atoms with Gasteiger partial charge < -0.3 is 9.84 Å². The highest BCUT2D eigenvalue weighted by Crippen LogP contribution is 2.39. The summed E-state index contributed by atoms with van der Waals surface area (Å²) >= 11 is 0. The Morgan fingerprint density at radius 1 is 1.36 bits per heavy atom. The zero-order valence-corrected chi connectivity index (χ0v) is 14.4. The molecule has 3 rings (SSSR count). The molecule has 0 spiro atoms. The number of rotatable bonds is 5. The van der Waals surface area contributed by atoms with Gasteiger partial charge >= 0.3 is 5.97 Å². The van der Waals surface area contributed by atoms with Crippen LogP contribution in [0.3, 0.4) is 0 Å². The summed E-state index contributed by atoms with van der Waals surface area (Å²) in [5.74, 6) is -1.45. The molecule has 0 amide bonds. The van der Waals surface area contributed by atoms with Gasteiger partial charge in [0.25, 0.3) is 10.0 Å². The first-order valence-corrected chi connectivity index (χ1v) is 9.32. The van der Waals surface area contributed by atoms with Crippen LogP contribution in [0.4, 0.5) is 5.69 Å².